The van der Waals surface area contributed by atoms with Gasteiger partial charge in [0.05, 0.1) is 12.6 Å². The molecule has 94 valence electrons. The van der Waals surface area contributed by atoms with Crippen LogP contribution in [0.5, 0.6) is 0 Å². The van der Waals surface area contributed by atoms with E-state index in [1.807, 2.05) is 0 Å². The van der Waals surface area contributed by atoms with Crippen LogP contribution in [0.3, 0.4) is 0 Å². The molecule has 0 unspecified atom stereocenters. The molecule has 0 radical (unpaired) electrons. The Morgan fingerprint density at radius 1 is 1.35 bits per heavy atom. The van der Waals surface area contributed by atoms with Crippen LogP contribution in [0.2, 0.25) is 0 Å². The highest BCUT2D eigenvalue weighted by Crippen LogP contribution is 2.13. The van der Waals surface area contributed by atoms with Gasteiger partial charge in [-0.05, 0) is 0 Å². The van der Waals surface area contributed by atoms with Crippen LogP contribution < -0.4 is 0 Å². The predicted molar refractivity (Wildman–Crippen MR) is 54.2 cm³/mol. The van der Waals surface area contributed by atoms with E-state index in [-0.39, 0.29) is 56.7 Å². The molecule has 2 aliphatic heterocycles. The predicted octanol–water partition coefficient (Wildman–Crippen LogP) is -1.34. The summed E-state index contributed by atoms with van der Waals surface area (Å²) in [4.78, 5) is 40.2. The second-order valence-electron chi connectivity index (χ2n) is 4.09. The van der Waals surface area contributed by atoms with E-state index in [1.54, 1.807) is 0 Å². The third kappa shape index (κ3) is 2.62. The smallest absolute Gasteiger partial charge is 0.248 e. The second kappa shape index (κ2) is 4.80. The Balaban J connectivity index is 1.80. The highest BCUT2D eigenvalue weighted by Gasteiger charge is 2.31. The molecule has 7 nitrogen and oxygen atoms in total. The highest BCUT2D eigenvalue weighted by atomic mass is 16.7. The number of hydroxylamine groups is 2. The molecule has 17 heavy (non-hydrogen) atoms. The van der Waals surface area contributed by atoms with E-state index >= 15 is 0 Å². The maximum Gasteiger partial charge on any atom is 0.248 e. The molecule has 2 heterocycles. The van der Waals surface area contributed by atoms with E-state index in [2.05, 4.69) is 0 Å². The van der Waals surface area contributed by atoms with Crippen molar-refractivity contribution < 1.29 is 24.3 Å². The van der Waals surface area contributed by atoms with Gasteiger partial charge in [-0.2, -0.15) is 0 Å². The Bertz CT molecular complexity index is 341. The van der Waals surface area contributed by atoms with Crippen molar-refractivity contribution in [1.29, 1.82) is 0 Å². The second-order valence-corrected chi connectivity index (χ2v) is 4.09. The first-order chi connectivity index (χ1) is 8.08. The summed E-state index contributed by atoms with van der Waals surface area (Å²) in [5, 5.41) is 10.3. The number of aliphatic hydroxyl groups excluding tert-OH is 1. The largest absolute Gasteiger partial charge is 0.389 e. The lowest BCUT2D eigenvalue weighted by Crippen LogP contribution is -2.35. The number of hydrogen-bond acceptors (Lipinski definition) is 5. The highest BCUT2D eigenvalue weighted by molar-refractivity contribution is 6.02. The fourth-order valence-electron chi connectivity index (χ4n) is 1.85. The van der Waals surface area contributed by atoms with Gasteiger partial charge >= 0.3 is 0 Å². The topological polar surface area (TPSA) is 87.2 Å². The molecule has 2 rings (SSSR count). The summed E-state index contributed by atoms with van der Waals surface area (Å²) < 4.78 is 0. The third-order valence-corrected chi connectivity index (χ3v) is 2.78. The average molecular weight is 242 g/mol. The van der Waals surface area contributed by atoms with Crippen LogP contribution in [0.1, 0.15) is 19.3 Å². The van der Waals surface area contributed by atoms with E-state index in [0.717, 1.165) is 9.96 Å². The summed E-state index contributed by atoms with van der Waals surface area (Å²) >= 11 is 0. The zero-order valence-corrected chi connectivity index (χ0v) is 9.29. The van der Waals surface area contributed by atoms with Crippen molar-refractivity contribution in [1.82, 2.24) is 9.96 Å². The number of β-amino-alcohol motifs (C(OH)–C–C–N with tert-alkyl or cyclic N) is 1. The number of amides is 3. The average Bonchev–Trinajstić information content (AvgIpc) is 2.84. The van der Waals surface area contributed by atoms with Crippen molar-refractivity contribution >= 4 is 17.7 Å². The van der Waals surface area contributed by atoms with Crippen molar-refractivity contribution in [2.45, 2.75) is 25.4 Å². The van der Waals surface area contributed by atoms with Crippen molar-refractivity contribution in [2.75, 3.05) is 19.7 Å². The van der Waals surface area contributed by atoms with Crippen LogP contribution in [-0.4, -0.2) is 58.6 Å². The molecule has 1 N–H and O–H groups in total. The van der Waals surface area contributed by atoms with E-state index in [1.165, 1.54) is 0 Å². The molecule has 3 amide bonds. The number of imide groups is 1. The van der Waals surface area contributed by atoms with E-state index in [4.69, 9.17) is 4.84 Å². The standard InChI is InChI=1S/C10H14N2O5/c13-7-5-12(17-6-7)10(16)3-4-11-8(14)1-2-9(11)15/h7,13H,1-6H2/t7-/m0/s1. The van der Waals surface area contributed by atoms with Crippen LogP contribution in [0.15, 0.2) is 0 Å². The molecule has 0 aromatic carbocycles. The first kappa shape index (κ1) is 12.0. The van der Waals surface area contributed by atoms with Gasteiger partial charge in [-0.25, -0.2) is 5.06 Å². The molecule has 2 saturated heterocycles. The van der Waals surface area contributed by atoms with Gasteiger partial charge in [-0.3, -0.25) is 24.1 Å². The molecule has 0 aliphatic carbocycles. The summed E-state index contributed by atoms with van der Waals surface area (Å²) in [5.74, 6) is -0.788. The monoisotopic (exact) mass is 242 g/mol. The quantitative estimate of drug-likeness (QED) is 0.619. The summed E-state index contributed by atoms with van der Waals surface area (Å²) in [5.41, 5.74) is 0. The molecule has 0 saturated carbocycles. The Hall–Kier alpha value is -1.47. The number of hydrogen-bond donors (Lipinski definition) is 1. The van der Waals surface area contributed by atoms with Gasteiger partial charge in [0, 0.05) is 25.8 Å². The lowest BCUT2D eigenvalue weighted by atomic mass is 10.3. The summed E-state index contributed by atoms with van der Waals surface area (Å²) in [7, 11) is 0. The van der Waals surface area contributed by atoms with Gasteiger partial charge in [0.25, 0.3) is 0 Å². The Morgan fingerprint density at radius 2 is 2.00 bits per heavy atom. The Labute approximate surface area is 97.9 Å². The van der Waals surface area contributed by atoms with Gasteiger partial charge in [0.15, 0.2) is 0 Å². The minimum Gasteiger partial charge on any atom is -0.389 e. The number of aliphatic hydroxyl groups is 1. The number of nitrogens with zero attached hydrogens (tertiary/aromatic N) is 2. The van der Waals surface area contributed by atoms with Crippen LogP contribution in [0, 0.1) is 0 Å². The fraction of sp³-hybridized carbons (Fsp3) is 0.700. The van der Waals surface area contributed by atoms with Crippen LogP contribution >= 0.6 is 0 Å². The molecule has 0 bridgehead atoms. The van der Waals surface area contributed by atoms with Gasteiger partial charge in [0.2, 0.25) is 17.7 Å². The molecule has 2 aliphatic rings. The van der Waals surface area contributed by atoms with Gasteiger partial charge in [-0.15, -0.1) is 0 Å². The van der Waals surface area contributed by atoms with Crippen molar-refractivity contribution in [3.05, 3.63) is 0 Å². The lowest BCUT2D eigenvalue weighted by Gasteiger charge is -2.17. The number of carbonyl (C=O) groups is 3. The van der Waals surface area contributed by atoms with Crippen molar-refractivity contribution in [3.8, 4) is 0 Å². The maximum absolute atomic E-state index is 11.6. The maximum atomic E-state index is 11.6. The SMILES string of the molecule is O=C(CCN1C(=O)CCC1=O)N1C[C@H](O)CO1. The third-order valence-electron chi connectivity index (χ3n) is 2.78. The summed E-state index contributed by atoms with van der Waals surface area (Å²) in [6.45, 7) is 0.334. The molecule has 0 spiro atoms. The Kier molecular flexibility index (Phi) is 3.39. The molecule has 0 aromatic heterocycles. The number of rotatable bonds is 3. The minimum atomic E-state index is -0.658. The molecule has 2 fully saturated rings. The van der Waals surface area contributed by atoms with Gasteiger partial charge in [-0.1, -0.05) is 0 Å². The fourth-order valence-corrected chi connectivity index (χ4v) is 1.85. The Morgan fingerprint density at radius 3 is 2.53 bits per heavy atom. The zero-order chi connectivity index (χ0) is 12.4. The van der Waals surface area contributed by atoms with Crippen LogP contribution in [-0.2, 0) is 19.2 Å². The normalized spacial score (nSPS) is 24.9. The lowest BCUT2D eigenvalue weighted by molar-refractivity contribution is -0.169. The zero-order valence-electron chi connectivity index (χ0n) is 9.29. The minimum absolute atomic E-state index is 0.0319. The molecular formula is C10H14N2O5. The van der Waals surface area contributed by atoms with E-state index in [0.29, 0.717) is 0 Å². The van der Waals surface area contributed by atoms with Crippen LogP contribution in [0.4, 0.5) is 0 Å². The van der Waals surface area contributed by atoms with Crippen LogP contribution in [0.25, 0.3) is 0 Å². The molecular weight excluding hydrogens is 228 g/mol. The van der Waals surface area contributed by atoms with Gasteiger partial charge < -0.3 is 5.11 Å². The van der Waals surface area contributed by atoms with Gasteiger partial charge in [0.1, 0.15) is 6.61 Å². The first-order valence-corrected chi connectivity index (χ1v) is 5.52. The molecule has 1 atom stereocenters. The molecule has 7 heteroatoms. The number of carbonyl (C=O) groups excluding carboxylic acids is 3. The van der Waals surface area contributed by atoms with Crippen molar-refractivity contribution in [3.63, 3.8) is 0 Å². The number of likely N-dealkylation sites (tertiary alicyclic amines) is 1. The van der Waals surface area contributed by atoms with E-state index in [9.17, 15) is 19.5 Å². The van der Waals surface area contributed by atoms with E-state index < -0.39 is 6.10 Å². The van der Waals surface area contributed by atoms with Crippen molar-refractivity contribution in [2.24, 2.45) is 0 Å². The summed E-state index contributed by atoms with van der Waals surface area (Å²) in [6, 6.07) is 0. The summed E-state index contributed by atoms with van der Waals surface area (Å²) in [6.07, 6.45) is -0.170. The molecule has 0 aromatic rings. The first-order valence-electron chi connectivity index (χ1n) is 5.52.